The molecule has 1 aromatic heterocycles. The van der Waals surface area contributed by atoms with E-state index in [1.54, 1.807) is 30.0 Å². The lowest BCUT2D eigenvalue weighted by molar-refractivity contribution is -0.138. The van der Waals surface area contributed by atoms with Crippen molar-refractivity contribution in [1.29, 1.82) is 0 Å². The number of aryl methyl sites for hydroxylation is 1. The molecular weight excluding hydrogens is 306 g/mol. The molecule has 0 saturated heterocycles. The number of rotatable bonds is 5. The second-order valence-electron chi connectivity index (χ2n) is 5.03. The van der Waals surface area contributed by atoms with Gasteiger partial charge in [0, 0.05) is 5.56 Å². The molecular formula is C15H18ClN3O3. The van der Waals surface area contributed by atoms with Crippen molar-refractivity contribution in [3.63, 3.8) is 0 Å². The van der Waals surface area contributed by atoms with Gasteiger partial charge in [0.05, 0.1) is 30.1 Å². The molecule has 0 unspecified atom stereocenters. The molecule has 0 aliphatic rings. The smallest absolute Gasteiger partial charge is 0.325 e. The largest absolute Gasteiger partial charge is 0.496 e. The molecule has 0 aliphatic heterocycles. The molecule has 2 aromatic rings. The minimum Gasteiger partial charge on any atom is -0.496 e. The quantitative estimate of drug-likeness (QED) is 0.881. The van der Waals surface area contributed by atoms with Gasteiger partial charge in [-0.2, -0.15) is 5.10 Å². The minimum atomic E-state index is -1.08. The number of methoxy groups -OCH3 is 1. The van der Waals surface area contributed by atoms with Crippen LogP contribution in [0.2, 0.25) is 5.02 Å². The summed E-state index contributed by atoms with van der Waals surface area (Å²) >= 11 is 6.15. The van der Waals surface area contributed by atoms with E-state index in [2.05, 4.69) is 5.10 Å². The van der Waals surface area contributed by atoms with Crippen molar-refractivity contribution in [1.82, 2.24) is 9.78 Å². The normalized spacial score (nSPS) is 12.2. The van der Waals surface area contributed by atoms with Crippen LogP contribution in [0.1, 0.15) is 28.6 Å². The third-order valence-corrected chi connectivity index (χ3v) is 4.09. The van der Waals surface area contributed by atoms with Gasteiger partial charge in [-0.25, -0.2) is 0 Å². The number of nitrogens with zero attached hydrogens (tertiary/aromatic N) is 2. The van der Waals surface area contributed by atoms with Gasteiger partial charge in [-0.15, -0.1) is 0 Å². The SMILES string of the molecule is COc1ccc([C@H](N)C(=O)O)cc1Cn1nc(C)c(Cl)c1C. The summed E-state index contributed by atoms with van der Waals surface area (Å²) in [5, 5.41) is 14.0. The number of carbonyl (C=O) groups is 1. The fraction of sp³-hybridized carbons (Fsp3) is 0.333. The summed E-state index contributed by atoms with van der Waals surface area (Å²) in [6.07, 6.45) is 0. The molecule has 6 nitrogen and oxygen atoms in total. The molecule has 1 aromatic carbocycles. The highest BCUT2D eigenvalue weighted by Gasteiger charge is 2.17. The first-order valence-electron chi connectivity index (χ1n) is 6.69. The van der Waals surface area contributed by atoms with Crippen LogP contribution in [0.15, 0.2) is 18.2 Å². The molecule has 22 heavy (non-hydrogen) atoms. The summed E-state index contributed by atoms with van der Waals surface area (Å²) in [6, 6.07) is 4.01. The predicted octanol–water partition coefficient (Wildman–Crippen LogP) is 2.29. The molecule has 0 fully saturated rings. The van der Waals surface area contributed by atoms with Crippen LogP contribution in [-0.2, 0) is 11.3 Å². The van der Waals surface area contributed by atoms with Crippen LogP contribution >= 0.6 is 11.6 Å². The molecule has 1 atom stereocenters. The molecule has 0 bridgehead atoms. The van der Waals surface area contributed by atoms with E-state index in [0.29, 0.717) is 22.9 Å². The summed E-state index contributed by atoms with van der Waals surface area (Å²) in [7, 11) is 1.56. The molecule has 0 aliphatic carbocycles. The Labute approximate surface area is 133 Å². The number of hydrogen-bond donors (Lipinski definition) is 2. The Morgan fingerprint density at radius 1 is 1.50 bits per heavy atom. The number of hydrogen-bond acceptors (Lipinski definition) is 4. The number of aromatic nitrogens is 2. The first-order chi connectivity index (χ1) is 10.3. The van der Waals surface area contributed by atoms with Crippen LogP contribution in [0, 0.1) is 13.8 Å². The summed E-state index contributed by atoms with van der Waals surface area (Å²) in [5.74, 6) is -0.435. The fourth-order valence-electron chi connectivity index (χ4n) is 2.25. The van der Waals surface area contributed by atoms with Crippen LogP contribution in [0.4, 0.5) is 0 Å². The zero-order chi connectivity index (χ0) is 16.4. The average molecular weight is 324 g/mol. The minimum absolute atomic E-state index is 0.419. The van der Waals surface area contributed by atoms with Crippen LogP contribution in [-0.4, -0.2) is 28.0 Å². The Morgan fingerprint density at radius 2 is 2.18 bits per heavy atom. The Kier molecular flexibility index (Phi) is 4.73. The van der Waals surface area contributed by atoms with Crippen LogP contribution in [0.5, 0.6) is 5.75 Å². The van der Waals surface area contributed by atoms with Crippen molar-refractivity contribution in [2.24, 2.45) is 5.73 Å². The highest BCUT2D eigenvalue weighted by atomic mass is 35.5. The Morgan fingerprint density at radius 3 is 2.68 bits per heavy atom. The van der Waals surface area contributed by atoms with E-state index in [9.17, 15) is 4.79 Å². The Balaban J connectivity index is 2.42. The van der Waals surface area contributed by atoms with Crippen LogP contribution in [0.3, 0.4) is 0 Å². The van der Waals surface area contributed by atoms with Gasteiger partial charge in [0.1, 0.15) is 11.8 Å². The lowest BCUT2D eigenvalue weighted by Gasteiger charge is -2.14. The number of benzene rings is 1. The predicted molar refractivity (Wildman–Crippen MR) is 83.4 cm³/mol. The average Bonchev–Trinajstić information content (AvgIpc) is 2.73. The Hall–Kier alpha value is -2.05. The highest BCUT2D eigenvalue weighted by Crippen LogP contribution is 2.26. The van der Waals surface area contributed by atoms with Crippen molar-refractivity contribution < 1.29 is 14.6 Å². The van der Waals surface area contributed by atoms with E-state index in [0.717, 1.165) is 17.0 Å². The molecule has 3 N–H and O–H groups in total. The van der Waals surface area contributed by atoms with Gasteiger partial charge in [-0.3, -0.25) is 9.48 Å². The van der Waals surface area contributed by atoms with Gasteiger partial charge >= 0.3 is 5.97 Å². The molecule has 1 heterocycles. The summed E-state index contributed by atoms with van der Waals surface area (Å²) < 4.78 is 7.08. The standard InChI is InChI=1S/C15H18ClN3O3/c1-8-13(16)9(2)19(18-8)7-11-6-10(14(17)15(20)21)4-5-12(11)22-3/h4-6,14H,7,17H2,1-3H3,(H,20,21)/t14-/m0/s1. The van der Waals surface area contributed by atoms with Crippen molar-refractivity contribution >= 4 is 17.6 Å². The highest BCUT2D eigenvalue weighted by molar-refractivity contribution is 6.31. The maximum atomic E-state index is 11.0. The summed E-state index contributed by atoms with van der Waals surface area (Å²) in [6.45, 7) is 4.13. The van der Waals surface area contributed by atoms with Gasteiger partial charge < -0.3 is 15.6 Å². The number of carboxylic acids is 1. The maximum absolute atomic E-state index is 11.0. The number of ether oxygens (including phenoxy) is 1. The van der Waals surface area contributed by atoms with Gasteiger partial charge in [0.25, 0.3) is 0 Å². The molecule has 2 rings (SSSR count). The third-order valence-electron chi connectivity index (χ3n) is 3.54. The van der Waals surface area contributed by atoms with Crippen molar-refractivity contribution in [2.75, 3.05) is 7.11 Å². The molecule has 118 valence electrons. The first kappa shape index (κ1) is 16.3. The van der Waals surface area contributed by atoms with E-state index in [4.69, 9.17) is 27.2 Å². The fourth-order valence-corrected chi connectivity index (χ4v) is 2.38. The zero-order valence-electron chi connectivity index (χ0n) is 12.6. The van der Waals surface area contributed by atoms with Gasteiger partial charge in [0.15, 0.2) is 0 Å². The zero-order valence-corrected chi connectivity index (χ0v) is 13.4. The molecule has 7 heteroatoms. The lowest BCUT2D eigenvalue weighted by atomic mass is 10.0. The van der Waals surface area contributed by atoms with E-state index in [-0.39, 0.29) is 0 Å². The maximum Gasteiger partial charge on any atom is 0.325 e. The third kappa shape index (κ3) is 3.08. The molecule has 0 spiro atoms. The number of nitrogens with two attached hydrogens (primary N) is 1. The first-order valence-corrected chi connectivity index (χ1v) is 7.07. The molecule has 0 radical (unpaired) electrons. The van der Waals surface area contributed by atoms with E-state index < -0.39 is 12.0 Å². The Bertz CT molecular complexity index is 712. The monoisotopic (exact) mass is 323 g/mol. The van der Waals surface area contributed by atoms with E-state index in [1.165, 1.54) is 0 Å². The van der Waals surface area contributed by atoms with Crippen LogP contribution in [0.25, 0.3) is 0 Å². The lowest BCUT2D eigenvalue weighted by Crippen LogP contribution is -2.21. The van der Waals surface area contributed by atoms with Gasteiger partial charge in [0.2, 0.25) is 0 Å². The van der Waals surface area contributed by atoms with Gasteiger partial charge in [-0.1, -0.05) is 17.7 Å². The summed E-state index contributed by atoms with van der Waals surface area (Å²) in [5.41, 5.74) is 8.56. The summed E-state index contributed by atoms with van der Waals surface area (Å²) in [4.78, 5) is 11.0. The number of halogens is 1. The van der Waals surface area contributed by atoms with Crippen molar-refractivity contribution in [3.05, 3.63) is 45.7 Å². The second kappa shape index (κ2) is 6.37. The number of aliphatic carboxylic acids is 1. The number of carboxylic acid groups (broad SMARTS) is 1. The molecule has 0 amide bonds. The molecule has 0 saturated carbocycles. The van der Waals surface area contributed by atoms with E-state index >= 15 is 0 Å². The van der Waals surface area contributed by atoms with Gasteiger partial charge in [-0.05, 0) is 31.5 Å². The van der Waals surface area contributed by atoms with E-state index in [1.807, 2.05) is 13.8 Å². The van der Waals surface area contributed by atoms with Crippen molar-refractivity contribution in [3.8, 4) is 5.75 Å². The topological polar surface area (TPSA) is 90.4 Å². The van der Waals surface area contributed by atoms with Crippen molar-refractivity contribution in [2.45, 2.75) is 26.4 Å². The van der Waals surface area contributed by atoms with Crippen LogP contribution < -0.4 is 10.5 Å². The second-order valence-corrected chi connectivity index (χ2v) is 5.41.